The highest BCUT2D eigenvalue weighted by molar-refractivity contribution is 7.78. The third kappa shape index (κ3) is 2.84. The number of isothiocyanates is 1. The lowest BCUT2D eigenvalue weighted by Gasteiger charge is -2.06. The number of hydrogen-bond acceptors (Lipinski definition) is 2. The van der Waals surface area contributed by atoms with Crippen molar-refractivity contribution in [2.45, 2.75) is 38.5 Å². The molecule has 1 rings (SSSR count). The maximum atomic E-state index is 11.3. The molecule has 0 aliphatic heterocycles. The summed E-state index contributed by atoms with van der Waals surface area (Å²) in [5.74, 6) is 0.0647. The van der Waals surface area contributed by atoms with Crippen molar-refractivity contribution in [3.8, 4) is 0 Å². The van der Waals surface area contributed by atoms with Gasteiger partial charge in [0.25, 0.3) is 5.91 Å². The van der Waals surface area contributed by atoms with E-state index in [0.29, 0.717) is 0 Å². The van der Waals surface area contributed by atoms with E-state index in [1.165, 1.54) is 12.8 Å². The Bertz CT molecular complexity index is 201. The molecule has 0 unspecified atom stereocenters. The van der Waals surface area contributed by atoms with Gasteiger partial charge in [-0.1, -0.05) is 25.7 Å². The summed E-state index contributed by atoms with van der Waals surface area (Å²) in [6.07, 6.45) is 6.79. The van der Waals surface area contributed by atoms with Crippen LogP contribution in [0.5, 0.6) is 0 Å². The zero-order chi connectivity index (χ0) is 8.81. The van der Waals surface area contributed by atoms with E-state index in [9.17, 15) is 4.79 Å². The fourth-order valence-corrected chi connectivity index (χ4v) is 1.75. The molecule has 0 saturated heterocycles. The molecule has 0 aromatic rings. The van der Waals surface area contributed by atoms with Gasteiger partial charge in [0.05, 0.1) is 5.16 Å². The normalized spacial score (nSPS) is 19.3. The van der Waals surface area contributed by atoms with Gasteiger partial charge < -0.3 is 0 Å². The van der Waals surface area contributed by atoms with E-state index >= 15 is 0 Å². The smallest absolute Gasteiger partial charge is 0.257 e. The molecular weight excluding hydrogens is 170 g/mol. The quantitative estimate of drug-likeness (QED) is 0.355. The molecule has 1 fully saturated rings. The number of carbonyl (C=O) groups excluding carboxylic acids is 1. The highest BCUT2D eigenvalue weighted by atomic mass is 32.1. The molecule has 1 aliphatic carbocycles. The second-order valence-corrected chi connectivity index (χ2v) is 3.41. The van der Waals surface area contributed by atoms with E-state index in [2.05, 4.69) is 22.4 Å². The van der Waals surface area contributed by atoms with Gasteiger partial charge in [0.15, 0.2) is 0 Å². The van der Waals surface area contributed by atoms with Gasteiger partial charge >= 0.3 is 0 Å². The average molecular weight is 183 g/mol. The van der Waals surface area contributed by atoms with Crippen LogP contribution in [0.3, 0.4) is 0 Å². The van der Waals surface area contributed by atoms with Crippen molar-refractivity contribution in [1.29, 1.82) is 0 Å². The van der Waals surface area contributed by atoms with Gasteiger partial charge in [0.1, 0.15) is 0 Å². The number of rotatable bonds is 1. The Morgan fingerprint density at radius 3 is 2.33 bits per heavy atom. The van der Waals surface area contributed by atoms with Crippen molar-refractivity contribution < 1.29 is 4.79 Å². The second-order valence-electron chi connectivity index (χ2n) is 3.23. The lowest BCUT2D eigenvalue weighted by atomic mass is 10.00. The molecule has 0 radical (unpaired) electrons. The first-order chi connectivity index (χ1) is 5.84. The van der Waals surface area contributed by atoms with Crippen LogP contribution in [0.1, 0.15) is 38.5 Å². The van der Waals surface area contributed by atoms with Crippen LogP contribution >= 0.6 is 12.2 Å². The summed E-state index contributed by atoms with van der Waals surface area (Å²) < 4.78 is 0. The van der Waals surface area contributed by atoms with Crippen molar-refractivity contribution >= 4 is 23.3 Å². The van der Waals surface area contributed by atoms with Crippen molar-refractivity contribution in [2.24, 2.45) is 10.9 Å². The summed E-state index contributed by atoms with van der Waals surface area (Å²) in [6.45, 7) is 0. The van der Waals surface area contributed by atoms with Gasteiger partial charge in [-0.2, -0.15) is 4.99 Å². The fraction of sp³-hybridized carbons (Fsp3) is 0.778. The zero-order valence-corrected chi connectivity index (χ0v) is 7.90. The minimum atomic E-state index is -0.0631. The largest absolute Gasteiger partial charge is 0.272 e. The topological polar surface area (TPSA) is 29.4 Å². The molecule has 0 atom stereocenters. The van der Waals surface area contributed by atoms with E-state index in [1.807, 2.05) is 0 Å². The number of amides is 1. The molecule has 1 aliphatic rings. The van der Waals surface area contributed by atoms with Crippen LogP contribution < -0.4 is 0 Å². The molecule has 3 heteroatoms. The minimum Gasteiger partial charge on any atom is -0.272 e. The van der Waals surface area contributed by atoms with Gasteiger partial charge in [-0.3, -0.25) is 4.79 Å². The summed E-state index contributed by atoms with van der Waals surface area (Å²) in [5.41, 5.74) is 0. The molecule has 1 saturated carbocycles. The molecule has 66 valence electrons. The highest BCUT2D eigenvalue weighted by Crippen LogP contribution is 2.23. The number of thiocarbonyl (C=S) groups is 1. The highest BCUT2D eigenvalue weighted by Gasteiger charge is 2.18. The minimum absolute atomic E-state index is 0.0631. The Morgan fingerprint density at radius 2 is 1.83 bits per heavy atom. The first-order valence-corrected chi connectivity index (χ1v) is 4.87. The molecule has 2 nitrogen and oxygen atoms in total. The van der Waals surface area contributed by atoms with Gasteiger partial charge in [-0.15, -0.1) is 0 Å². The van der Waals surface area contributed by atoms with Crippen molar-refractivity contribution in [3.63, 3.8) is 0 Å². The molecule has 0 heterocycles. The first-order valence-electron chi connectivity index (χ1n) is 4.46. The van der Waals surface area contributed by atoms with E-state index in [4.69, 9.17) is 0 Å². The van der Waals surface area contributed by atoms with Gasteiger partial charge in [-0.25, -0.2) is 0 Å². The standard InChI is InChI=1S/C9H13NOS/c11-9(10-7-12)8-5-3-1-2-4-6-8/h8H,1-6H2. The summed E-state index contributed by atoms with van der Waals surface area (Å²) in [4.78, 5) is 14.8. The SMILES string of the molecule is O=C(N=C=S)C1CCCCCC1. The van der Waals surface area contributed by atoms with E-state index in [1.54, 1.807) is 0 Å². The Labute approximate surface area is 78.1 Å². The van der Waals surface area contributed by atoms with Crippen molar-refractivity contribution in [1.82, 2.24) is 0 Å². The van der Waals surface area contributed by atoms with Gasteiger partial charge in [0.2, 0.25) is 0 Å². The van der Waals surface area contributed by atoms with E-state index in [-0.39, 0.29) is 11.8 Å². The first kappa shape index (κ1) is 9.56. The third-order valence-electron chi connectivity index (χ3n) is 2.36. The predicted molar refractivity (Wildman–Crippen MR) is 51.2 cm³/mol. The number of hydrogen-bond donors (Lipinski definition) is 0. The molecule has 0 spiro atoms. The Morgan fingerprint density at radius 1 is 1.25 bits per heavy atom. The van der Waals surface area contributed by atoms with Crippen LogP contribution in [0.2, 0.25) is 0 Å². The Balaban J connectivity index is 2.48. The maximum absolute atomic E-state index is 11.3. The van der Waals surface area contributed by atoms with Crippen molar-refractivity contribution in [2.75, 3.05) is 0 Å². The molecule has 0 aromatic carbocycles. The van der Waals surface area contributed by atoms with Gasteiger partial charge in [-0.05, 0) is 25.1 Å². The number of carbonyl (C=O) groups is 1. The summed E-state index contributed by atoms with van der Waals surface area (Å²) in [6, 6.07) is 0. The van der Waals surface area contributed by atoms with Crippen LogP contribution in [-0.2, 0) is 4.79 Å². The van der Waals surface area contributed by atoms with Crippen LogP contribution in [0.15, 0.2) is 4.99 Å². The molecule has 0 bridgehead atoms. The van der Waals surface area contributed by atoms with Crippen LogP contribution in [0.25, 0.3) is 0 Å². The molecule has 0 aromatic heterocycles. The van der Waals surface area contributed by atoms with Crippen LogP contribution in [0, 0.1) is 5.92 Å². The predicted octanol–water partition coefficient (Wildman–Crippen LogP) is 2.59. The van der Waals surface area contributed by atoms with E-state index < -0.39 is 0 Å². The Kier molecular flexibility index (Phi) is 4.12. The summed E-state index contributed by atoms with van der Waals surface area (Å²) >= 11 is 4.39. The second kappa shape index (κ2) is 5.18. The van der Waals surface area contributed by atoms with Crippen LogP contribution in [0.4, 0.5) is 0 Å². The number of aliphatic imine (C=N–C) groups is 1. The monoisotopic (exact) mass is 183 g/mol. The molecule has 1 amide bonds. The van der Waals surface area contributed by atoms with Gasteiger partial charge in [0, 0.05) is 5.92 Å². The van der Waals surface area contributed by atoms with Crippen LogP contribution in [-0.4, -0.2) is 11.1 Å². The zero-order valence-electron chi connectivity index (χ0n) is 7.08. The lowest BCUT2D eigenvalue weighted by molar-refractivity contribution is -0.121. The molecule has 12 heavy (non-hydrogen) atoms. The summed E-state index contributed by atoms with van der Waals surface area (Å²) in [5, 5.41) is 2.14. The molecular formula is C9H13NOS. The van der Waals surface area contributed by atoms with E-state index in [0.717, 1.165) is 25.7 Å². The Hall–Kier alpha value is -0.530. The lowest BCUT2D eigenvalue weighted by Crippen LogP contribution is -2.10. The maximum Gasteiger partial charge on any atom is 0.257 e. The van der Waals surface area contributed by atoms with Crippen molar-refractivity contribution in [3.05, 3.63) is 0 Å². The number of nitrogens with zero attached hydrogens (tertiary/aromatic N) is 1. The third-order valence-corrected chi connectivity index (χ3v) is 2.45. The average Bonchev–Trinajstić information content (AvgIpc) is 2.32. The molecule has 0 N–H and O–H groups in total. The fourth-order valence-electron chi connectivity index (χ4n) is 1.66. The summed E-state index contributed by atoms with van der Waals surface area (Å²) in [7, 11) is 0.